The fraction of sp³-hybridized carbons (Fsp3) is 0.150. The number of aromatic nitrogens is 1. The third-order valence-corrected chi connectivity index (χ3v) is 4.25. The van der Waals surface area contributed by atoms with Crippen LogP contribution in [-0.4, -0.2) is 23.4 Å². The van der Waals surface area contributed by atoms with Gasteiger partial charge in [0.05, 0.1) is 11.1 Å². The maximum absolute atomic E-state index is 13.2. The maximum atomic E-state index is 13.2. The van der Waals surface area contributed by atoms with Gasteiger partial charge in [-0.25, -0.2) is 4.39 Å². The second-order valence-corrected chi connectivity index (χ2v) is 6.09. The average Bonchev–Trinajstić information content (AvgIpc) is 2.65. The molecule has 3 aromatic rings. The molecule has 3 rings (SSSR count). The summed E-state index contributed by atoms with van der Waals surface area (Å²) >= 11 is 0. The molecule has 27 heavy (non-hydrogen) atoms. The molecule has 2 aromatic carbocycles. The first kappa shape index (κ1) is 18.3. The van der Waals surface area contributed by atoms with Crippen molar-refractivity contribution in [2.45, 2.75) is 13.5 Å². The number of halogens is 1. The van der Waals surface area contributed by atoms with Crippen LogP contribution in [0.4, 0.5) is 10.1 Å². The number of aryl methyl sites for hydroxylation is 1. The largest absolute Gasteiger partial charge is 0.355 e. The number of benzene rings is 2. The fourth-order valence-corrected chi connectivity index (χ4v) is 2.92. The average molecular weight is 367 g/mol. The molecule has 0 atom stereocenters. The number of rotatable bonds is 4. The van der Waals surface area contributed by atoms with Crippen LogP contribution in [-0.2, 0) is 11.3 Å². The molecule has 7 heteroatoms. The van der Waals surface area contributed by atoms with Crippen molar-refractivity contribution in [2.24, 2.45) is 0 Å². The molecule has 0 aliphatic carbocycles. The molecule has 2 N–H and O–H groups in total. The summed E-state index contributed by atoms with van der Waals surface area (Å²) in [5.41, 5.74) is 1.33. The Morgan fingerprint density at radius 1 is 1.11 bits per heavy atom. The van der Waals surface area contributed by atoms with Crippen molar-refractivity contribution in [3.8, 4) is 0 Å². The number of nitrogens with zero attached hydrogens (tertiary/aromatic N) is 1. The van der Waals surface area contributed by atoms with Gasteiger partial charge in [0.1, 0.15) is 12.4 Å². The molecule has 0 bridgehead atoms. The highest BCUT2D eigenvalue weighted by Gasteiger charge is 2.15. The van der Waals surface area contributed by atoms with E-state index in [0.717, 1.165) is 0 Å². The van der Waals surface area contributed by atoms with Gasteiger partial charge >= 0.3 is 0 Å². The monoisotopic (exact) mass is 367 g/mol. The van der Waals surface area contributed by atoms with Gasteiger partial charge in [-0.05, 0) is 36.8 Å². The third kappa shape index (κ3) is 3.72. The summed E-state index contributed by atoms with van der Waals surface area (Å²) in [4.78, 5) is 37.0. The van der Waals surface area contributed by atoms with Crippen molar-refractivity contribution in [1.29, 1.82) is 0 Å². The summed E-state index contributed by atoms with van der Waals surface area (Å²) in [5.74, 6) is -1.19. The number of carbonyl (C=O) groups excluding carboxylic acids is 2. The van der Waals surface area contributed by atoms with E-state index in [9.17, 15) is 18.8 Å². The predicted molar refractivity (Wildman–Crippen MR) is 101 cm³/mol. The number of pyridine rings is 1. The van der Waals surface area contributed by atoms with Gasteiger partial charge in [-0.15, -0.1) is 0 Å². The minimum Gasteiger partial charge on any atom is -0.355 e. The first-order valence-electron chi connectivity index (χ1n) is 8.31. The Bertz CT molecular complexity index is 1110. The van der Waals surface area contributed by atoms with Crippen molar-refractivity contribution >= 4 is 28.4 Å². The lowest BCUT2D eigenvalue weighted by molar-refractivity contribution is -0.116. The van der Waals surface area contributed by atoms with E-state index < -0.39 is 17.3 Å². The lowest BCUT2D eigenvalue weighted by Crippen LogP contribution is -2.30. The van der Waals surface area contributed by atoms with Gasteiger partial charge in [-0.2, -0.15) is 0 Å². The number of fused-ring (bicyclic) bond motifs is 1. The molecule has 0 radical (unpaired) electrons. The lowest BCUT2D eigenvalue weighted by Gasteiger charge is -2.14. The van der Waals surface area contributed by atoms with Gasteiger partial charge in [0.25, 0.3) is 11.5 Å². The van der Waals surface area contributed by atoms with E-state index in [1.165, 1.54) is 35.9 Å². The molecule has 0 aliphatic heterocycles. The molecule has 0 saturated carbocycles. The standard InChI is InChI=1S/C20H18FN3O3/c1-12-9-13(21)7-8-16(12)23-18(25)11-24-17-6-4-3-5-14(17)15(10-19(24)26)20(27)22-2/h3-10H,11H2,1-2H3,(H,22,27)(H,23,25). The lowest BCUT2D eigenvalue weighted by atomic mass is 10.1. The molecule has 1 heterocycles. The highest BCUT2D eigenvalue weighted by molar-refractivity contribution is 6.06. The summed E-state index contributed by atoms with van der Waals surface area (Å²) in [6.45, 7) is 1.45. The van der Waals surface area contributed by atoms with Crippen molar-refractivity contribution in [1.82, 2.24) is 9.88 Å². The Morgan fingerprint density at radius 3 is 2.56 bits per heavy atom. The minimum absolute atomic E-state index is 0.232. The maximum Gasteiger partial charge on any atom is 0.252 e. The van der Waals surface area contributed by atoms with Crippen LogP contribution in [0.15, 0.2) is 53.3 Å². The molecule has 0 fully saturated rings. The molecule has 0 unspecified atom stereocenters. The van der Waals surface area contributed by atoms with E-state index >= 15 is 0 Å². The molecular weight excluding hydrogens is 349 g/mol. The van der Waals surface area contributed by atoms with Crippen LogP contribution in [0.1, 0.15) is 15.9 Å². The first-order valence-corrected chi connectivity index (χ1v) is 8.31. The van der Waals surface area contributed by atoms with Crippen LogP contribution >= 0.6 is 0 Å². The Morgan fingerprint density at radius 2 is 1.85 bits per heavy atom. The topological polar surface area (TPSA) is 80.2 Å². The van der Waals surface area contributed by atoms with Gasteiger partial charge in [0.15, 0.2) is 0 Å². The number of hydrogen-bond acceptors (Lipinski definition) is 3. The molecule has 2 amide bonds. The summed E-state index contributed by atoms with van der Waals surface area (Å²) in [6, 6.07) is 12.1. The number of amides is 2. The first-order chi connectivity index (χ1) is 12.9. The zero-order chi connectivity index (χ0) is 19.6. The predicted octanol–water partition coefficient (Wildman–Crippen LogP) is 2.45. The Hall–Kier alpha value is -3.48. The van der Waals surface area contributed by atoms with Crippen molar-refractivity contribution < 1.29 is 14.0 Å². The van der Waals surface area contributed by atoms with Crippen LogP contribution in [0, 0.1) is 12.7 Å². The van der Waals surface area contributed by atoms with E-state index in [2.05, 4.69) is 10.6 Å². The van der Waals surface area contributed by atoms with E-state index in [1.54, 1.807) is 31.2 Å². The quantitative estimate of drug-likeness (QED) is 0.743. The van der Waals surface area contributed by atoms with Gasteiger partial charge < -0.3 is 10.6 Å². The van der Waals surface area contributed by atoms with Gasteiger partial charge in [0, 0.05) is 24.2 Å². The van der Waals surface area contributed by atoms with Gasteiger partial charge in [0.2, 0.25) is 5.91 Å². The van der Waals surface area contributed by atoms with E-state index in [-0.39, 0.29) is 18.0 Å². The number of anilines is 1. The number of nitrogens with one attached hydrogen (secondary N) is 2. The molecule has 0 spiro atoms. The Kier molecular flexibility index (Phi) is 5.03. The molecule has 1 aromatic heterocycles. The van der Waals surface area contributed by atoms with Crippen molar-refractivity contribution in [2.75, 3.05) is 12.4 Å². The summed E-state index contributed by atoms with van der Waals surface area (Å²) in [7, 11) is 1.49. The second-order valence-electron chi connectivity index (χ2n) is 6.09. The van der Waals surface area contributed by atoms with Crippen LogP contribution in [0.25, 0.3) is 10.9 Å². The van der Waals surface area contributed by atoms with Crippen molar-refractivity contribution in [3.63, 3.8) is 0 Å². The van der Waals surface area contributed by atoms with Gasteiger partial charge in [-0.1, -0.05) is 18.2 Å². The number of para-hydroxylation sites is 1. The van der Waals surface area contributed by atoms with Crippen LogP contribution in [0.5, 0.6) is 0 Å². The number of carbonyl (C=O) groups is 2. The number of hydrogen-bond donors (Lipinski definition) is 2. The Balaban J connectivity index is 1.97. The molecule has 138 valence electrons. The SMILES string of the molecule is CNC(=O)c1cc(=O)n(CC(=O)Nc2ccc(F)cc2C)c2ccccc12. The van der Waals surface area contributed by atoms with E-state index in [1.807, 2.05) is 0 Å². The molecule has 6 nitrogen and oxygen atoms in total. The van der Waals surface area contributed by atoms with Crippen LogP contribution in [0.2, 0.25) is 0 Å². The fourth-order valence-electron chi connectivity index (χ4n) is 2.92. The van der Waals surface area contributed by atoms with Crippen LogP contribution in [0.3, 0.4) is 0 Å². The summed E-state index contributed by atoms with van der Waals surface area (Å²) in [6.07, 6.45) is 0. The zero-order valence-corrected chi connectivity index (χ0v) is 14.9. The van der Waals surface area contributed by atoms with E-state index in [0.29, 0.717) is 22.2 Å². The van der Waals surface area contributed by atoms with Crippen LogP contribution < -0.4 is 16.2 Å². The van der Waals surface area contributed by atoms with Gasteiger partial charge in [-0.3, -0.25) is 19.0 Å². The molecule has 0 saturated heterocycles. The third-order valence-electron chi connectivity index (χ3n) is 4.25. The highest BCUT2D eigenvalue weighted by Crippen LogP contribution is 2.18. The molecular formula is C20H18FN3O3. The summed E-state index contributed by atoms with van der Waals surface area (Å²) < 4.78 is 14.5. The minimum atomic E-state index is -0.460. The van der Waals surface area contributed by atoms with Crippen molar-refractivity contribution in [3.05, 3.63) is 75.8 Å². The smallest absolute Gasteiger partial charge is 0.252 e. The Labute approximate surface area is 154 Å². The zero-order valence-electron chi connectivity index (χ0n) is 14.9. The second kappa shape index (κ2) is 7.41. The highest BCUT2D eigenvalue weighted by atomic mass is 19.1. The van der Waals surface area contributed by atoms with E-state index in [4.69, 9.17) is 0 Å². The summed E-state index contributed by atoms with van der Waals surface area (Å²) in [5, 5.41) is 5.76. The molecule has 0 aliphatic rings. The normalized spacial score (nSPS) is 10.6.